The lowest BCUT2D eigenvalue weighted by molar-refractivity contribution is 0.108. The lowest BCUT2D eigenvalue weighted by Crippen LogP contribution is -2.07. The SMILES string of the molecule is CCOCCOc1cccc(NC)n1. The highest BCUT2D eigenvalue weighted by molar-refractivity contribution is 5.35. The van der Waals surface area contributed by atoms with Crippen molar-refractivity contribution in [2.75, 3.05) is 32.2 Å². The third-order valence-corrected chi connectivity index (χ3v) is 1.66. The molecule has 0 saturated carbocycles. The summed E-state index contributed by atoms with van der Waals surface area (Å²) in [5.41, 5.74) is 0. The molecule has 0 atom stereocenters. The van der Waals surface area contributed by atoms with Crippen LogP contribution in [-0.4, -0.2) is 31.9 Å². The first kappa shape index (κ1) is 10.8. The summed E-state index contributed by atoms with van der Waals surface area (Å²) in [6.07, 6.45) is 0. The predicted octanol–water partition coefficient (Wildman–Crippen LogP) is 1.54. The Kier molecular flexibility index (Phi) is 4.78. The van der Waals surface area contributed by atoms with Crippen molar-refractivity contribution in [2.24, 2.45) is 0 Å². The fourth-order valence-corrected chi connectivity index (χ4v) is 0.984. The Morgan fingerprint density at radius 3 is 2.93 bits per heavy atom. The molecule has 0 amide bonds. The predicted molar refractivity (Wildman–Crippen MR) is 55.8 cm³/mol. The molecule has 1 heterocycles. The van der Waals surface area contributed by atoms with Crippen LogP contribution >= 0.6 is 0 Å². The molecule has 4 nitrogen and oxygen atoms in total. The molecule has 0 spiro atoms. The van der Waals surface area contributed by atoms with Gasteiger partial charge in [0.05, 0.1) is 6.61 Å². The Morgan fingerprint density at radius 1 is 1.36 bits per heavy atom. The van der Waals surface area contributed by atoms with E-state index < -0.39 is 0 Å². The monoisotopic (exact) mass is 196 g/mol. The molecule has 0 aliphatic heterocycles. The van der Waals surface area contributed by atoms with Crippen LogP contribution in [0.4, 0.5) is 5.82 Å². The average molecular weight is 196 g/mol. The van der Waals surface area contributed by atoms with Gasteiger partial charge in [0, 0.05) is 19.7 Å². The molecular formula is C10H16N2O2. The van der Waals surface area contributed by atoms with Gasteiger partial charge >= 0.3 is 0 Å². The minimum Gasteiger partial charge on any atom is -0.475 e. The minimum absolute atomic E-state index is 0.536. The molecule has 14 heavy (non-hydrogen) atoms. The van der Waals surface area contributed by atoms with E-state index in [0.29, 0.717) is 25.7 Å². The number of nitrogens with one attached hydrogen (secondary N) is 1. The highest BCUT2D eigenvalue weighted by Crippen LogP contribution is 2.10. The van der Waals surface area contributed by atoms with Gasteiger partial charge in [0.1, 0.15) is 12.4 Å². The van der Waals surface area contributed by atoms with E-state index in [0.717, 1.165) is 5.82 Å². The first-order valence-corrected chi connectivity index (χ1v) is 4.72. The minimum atomic E-state index is 0.536. The third-order valence-electron chi connectivity index (χ3n) is 1.66. The van der Waals surface area contributed by atoms with Gasteiger partial charge in [-0.05, 0) is 13.0 Å². The number of hydrogen-bond donors (Lipinski definition) is 1. The molecule has 0 unspecified atom stereocenters. The van der Waals surface area contributed by atoms with Crippen molar-refractivity contribution >= 4 is 5.82 Å². The molecule has 0 fully saturated rings. The number of rotatable bonds is 6. The summed E-state index contributed by atoms with van der Waals surface area (Å²) in [5, 5.41) is 2.95. The standard InChI is InChI=1S/C10H16N2O2/c1-3-13-7-8-14-10-6-4-5-9(11-2)12-10/h4-6H,3,7-8H2,1-2H3,(H,11,12). The van der Waals surface area contributed by atoms with Gasteiger partial charge in [0.2, 0.25) is 5.88 Å². The molecule has 1 aromatic heterocycles. The number of nitrogens with zero attached hydrogens (tertiary/aromatic N) is 1. The van der Waals surface area contributed by atoms with Crippen LogP contribution in [0, 0.1) is 0 Å². The highest BCUT2D eigenvalue weighted by atomic mass is 16.5. The summed E-state index contributed by atoms with van der Waals surface area (Å²) in [4.78, 5) is 4.20. The maximum atomic E-state index is 5.37. The van der Waals surface area contributed by atoms with E-state index in [-0.39, 0.29) is 0 Å². The maximum Gasteiger partial charge on any atom is 0.215 e. The molecule has 4 heteroatoms. The van der Waals surface area contributed by atoms with Gasteiger partial charge in [0.25, 0.3) is 0 Å². The highest BCUT2D eigenvalue weighted by Gasteiger charge is 1.96. The number of aromatic nitrogens is 1. The van der Waals surface area contributed by atoms with E-state index >= 15 is 0 Å². The van der Waals surface area contributed by atoms with Crippen molar-refractivity contribution < 1.29 is 9.47 Å². The van der Waals surface area contributed by atoms with Gasteiger partial charge in [0.15, 0.2) is 0 Å². The van der Waals surface area contributed by atoms with E-state index in [2.05, 4.69) is 10.3 Å². The van der Waals surface area contributed by atoms with Crippen LogP contribution < -0.4 is 10.1 Å². The Hall–Kier alpha value is -1.29. The second-order valence-corrected chi connectivity index (χ2v) is 2.66. The van der Waals surface area contributed by atoms with Crippen molar-refractivity contribution in [1.82, 2.24) is 4.98 Å². The van der Waals surface area contributed by atoms with Crippen LogP contribution in [0.5, 0.6) is 5.88 Å². The molecule has 1 N–H and O–H groups in total. The number of pyridine rings is 1. The molecule has 0 aliphatic carbocycles. The zero-order valence-electron chi connectivity index (χ0n) is 8.62. The van der Waals surface area contributed by atoms with Crippen molar-refractivity contribution in [3.63, 3.8) is 0 Å². The molecule has 1 rings (SSSR count). The van der Waals surface area contributed by atoms with Crippen LogP contribution in [0.25, 0.3) is 0 Å². The molecule has 0 radical (unpaired) electrons. The average Bonchev–Trinajstić information content (AvgIpc) is 2.25. The lowest BCUT2D eigenvalue weighted by atomic mass is 10.4. The van der Waals surface area contributed by atoms with Crippen LogP contribution in [0.3, 0.4) is 0 Å². The zero-order chi connectivity index (χ0) is 10.2. The quantitative estimate of drug-likeness (QED) is 0.701. The number of anilines is 1. The van der Waals surface area contributed by atoms with Crippen molar-refractivity contribution in [2.45, 2.75) is 6.92 Å². The lowest BCUT2D eigenvalue weighted by Gasteiger charge is -2.06. The molecular weight excluding hydrogens is 180 g/mol. The fraction of sp³-hybridized carbons (Fsp3) is 0.500. The molecule has 0 aromatic carbocycles. The summed E-state index contributed by atoms with van der Waals surface area (Å²) in [6, 6.07) is 5.61. The van der Waals surface area contributed by atoms with E-state index in [4.69, 9.17) is 9.47 Å². The summed E-state index contributed by atoms with van der Waals surface area (Å²) in [6.45, 7) is 3.81. The molecule has 0 saturated heterocycles. The summed E-state index contributed by atoms with van der Waals surface area (Å²) in [5.74, 6) is 1.43. The van der Waals surface area contributed by atoms with Gasteiger partial charge in [-0.15, -0.1) is 0 Å². The molecule has 0 bridgehead atoms. The maximum absolute atomic E-state index is 5.37. The van der Waals surface area contributed by atoms with Gasteiger partial charge in [-0.1, -0.05) is 6.07 Å². The molecule has 0 aliphatic rings. The smallest absolute Gasteiger partial charge is 0.215 e. The van der Waals surface area contributed by atoms with Gasteiger partial charge < -0.3 is 14.8 Å². The second kappa shape index (κ2) is 6.21. The van der Waals surface area contributed by atoms with Crippen molar-refractivity contribution in [1.29, 1.82) is 0 Å². The second-order valence-electron chi connectivity index (χ2n) is 2.66. The number of hydrogen-bond acceptors (Lipinski definition) is 4. The Balaban J connectivity index is 2.34. The van der Waals surface area contributed by atoms with E-state index in [9.17, 15) is 0 Å². The third kappa shape index (κ3) is 3.62. The topological polar surface area (TPSA) is 43.4 Å². The van der Waals surface area contributed by atoms with Crippen LogP contribution in [-0.2, 0) is 4.74 Å². The fourth-order valence-electron chi connectivity index (χ4n) is 0.984. The van der Waals surface area contributed by atoms with Crippen LogP contribution in [0.15, 0.2) is 18.2 Å². The summed E-state index contributed by atoms with van der Waals surface area (Å²) < 4.78 is 10.5. The summed E-state index contributed by atoms with van der Waals surface area (Å²) in [7, 11) is 1.83. The van der Waals surface area contributed by atoms with Gasteiger partial charge in [-0.25, -0.2) is 0 Å². The van der Waals surface area contributed by atoms with Crippen LogP contribution in [0.1, 0.15) is 6.92 Å². The van der Waals surface area contributed by atoms with E-state index in [1.807, 2.05) is 32.2 Å². The van der Waals surface area contributed by atoms with Crippen molar-refractivity contribution in [3.05, 3.63) is 18.2 Å². The molecule has 1 aromatic rings. The van der Waals surface area contributed by atoms with Crippen molar-refractivity contribution in [3.8, 4) is 5.88 Å². The van der Waals surface area contributed by atoms with Gasteiger partial charge in [-0.3, -0.25) is 0 Å². The Labute approximate surface area is 84.3 Å². The number of ether oxygens (including phenoxy) is 2. The summed E-state index contributed by atoms with van der Waals surface area (Å²) >= 11 is 0. The van der Waals surface area contributed by atoms with E-state index in [1.54, 1.807) is 0 Å². The first-order chi connectivity index (χ1) is 6.86. The normalized spacial score (nSPS) is 9.86. The molecule has 78 valence electrons. The van der Waals surface area contributed by atoms with Crippen LogP contribution in [0.2, 0.25) is 0 Å². The van der Waals surface area contributed by atoms with Gasteiger partial charge in [-0.2, -0.15) is 4.98 Å². The first-order valence-electron chi connectivity index (χ1n) is 4.72. The zero-order valence-corrected chi connectivity index (χ0v) is 8.62. The van der Waals surface area contributed by atoms with E-state index in [1.165, 1.54) is 0 Å². The Bertz CT molecular complexity index is 266. The Morgan fingerprint density at radius 2 is 2.21 bits per heavy atom. The largest absolute Gasteiger partial charge is 0.475 e.